The van der Waals surface area contributed by atoms with Gasteiger partial charge in [0.1, 0.15) is 17.7 Å². The van der Waals surface area contributed by atoms with E-state index in [4.69, 9.17) is 4.74 Å². The maximum atomic E-state index is 12.7. The Balaban J connectivity index is 1.39. The fourth-order valence-corrected chi connectivity index (χ4v) is 4.19. The van der Waals surface area contributed by atoms with Crippen molar-refractivity contribution < 1.29 is 19.4 Å². The van der Waals surface area contributed by atoms with Gasteiger partial charge in [-0.15, -0.1) is 0 Å². The van der Waals surface area contributed by atoms with Crippen molar-refractivity contribution in [2.75, 3.05) is 30.4 Å². The molecule has 0 aliphatic carbocycles. The summed E-state index contributed by atoms with van der Waals surface area (Å²) >= 11 is 1.04. The van der Waals surface area contributed by atoms with E-state index in [1.54, 1.807) is 19.1 Å². The van der Waals surface area contributed by atoms with Crippen molar-refractivity contribution in [2.45, 2.75) is 6.92 Å². The maximum Gasteiger partial charge on any atom is 0.341 e. The fourth-order valence-electron chi connectivity index (χ4n) is 3.68. The van der Waals surface area contributed by atoms with Gasteiger partial charge in [-0.05, 0) is 19.1 Å². The van der Waals surface area contributed by atoms with Gasteiger partial charge in [0, 0.05) is 42.6 Å². The van der Waals surface area contributed by atoms with E-state index in [-0.39, 0.29) is 28.8 Å². The van der Waals surface area contributed by atoms with Gasteiger partial charge in [-0.2, -0.15) is 9.36 Å². The lowest BCUT2D eigenvalue weighted by Gasteiger charge is -2.39. The number of methoxy groups -OCH3 is 1. The van der Waals surface area contributed by atoms with Crippen molar-refractivity contribution in [1.29, 1.82) is 0 Å². The van der Waals surface area contributed by atoms with Gasteiger partial charge in [0.25, 0.3) is 0 Å². The number of amides is 1. The SMILES string of the molecule is COc1cc(C)nc(NC(=O)C2CN(c3ccc4c(=O)c(C(=O)O)cn(-c5ncns5)c4n3)C2)n1. The van der Waals surface area contributed by atoms with Gasteiger partial charge < -0.3 is 14.7 Å². The normalized spacial score (nSPS) is 13.5. The lowest BCUT2D eigenvalue weighted by Crippen LogP contribution is -2.52. The first-order valence-electron chi connectivity index (χ1n) is 10.4. The van der Waals surface area contributed by atoms with E-state index in [1.165, 1.54) is 30.3 Å². The highest BCUT2D eigenvalue weighted by Crippen LogP contribution is 2.26. The highest BCUT2D eigenvalue weighted by atomic mass is 32.1. The van der Waals surface area contributed by atoms with Gasteiger partial charge in [-0.3, -0.25) is 19.5 Å². The van der Waals surface area contributed by atoms with Gasteiger partial charge in [0.05, 0.1) is 18.4 Å². The first-order valence-corrected chi connectivity index (χ1v) is 11.1. The molecule has 0 unspecified atom stereocenters. The predicted octanol–water partition coefficient (Wildman–Crippen LogP) is 1.12. The first kappa shape index (κ1) is 22.3. The molecule has 0 saturated carbocycles. The van der Waals surface area contributed by atoms with Crippen LogP contribution >= 0.6 is 11.5 Å². The zero-order chi connectivity index (χ0) is 24.7. The molecule has 5 rings (SSSR count). The molecule has 0 atom stereocenters. The Morgan fingerprint density at radius 2 is 2.03 bits per heavy atom. The van der Waals surface area contributed by atoms with Crippen LogP contribution in [0, 0.1) is 12.8 Å². The monoisotopic (exact) mass is 494 g/mol. The summed E-state index contributed by atoms with van der Waals surface area (Å²) in [5.41, 5.74) is -0.114. The number of carboxylic acids is 1. The van der Waals surface area contributed by atoms with E-state index in [0.29, 0.717) is 35.6 Å². The maximum absolute atomic E-state index is 12.7. The number of anilines is 2. The molecule has 0 aromatic carbocycles. The van der Waals surface area contributed by atoms with Crippen LogP contribution in [0.4, 0.5) is 11.8 Å². The zero-order valence-corrected chi connectivity index (χ0v) is 19.3. The van der Waals surface area contributed by atoms with E-state index in [2.05, 4.69) is 29.6 Å². The van der Waals surface area contributed by atoms with Gasteiger partial charge >= 0.3 is 5.97 Å². The number of nitrogens with one attached hydrogen (secondary N) is 1. The van der Waals surface area contributed by atoms with Crippen molar-refractivity contribution in [1.82, 2.24) is 28.9 Å². The second-order valence-electron chi connectivity index (χ2n) is 7.78. The summed E-state index contributed by atoms with van der Waals surface area (Å²) in [5, 5.41) is 12.7. The smallest absolute Gasteiger partial charge is 0.341 e. The molecule has 1 aliphatic rings. The second kappa shape index (κ2) is 8.72. The number of nitrogens with zero attached hydrogens (tertiary/aromatic N) is 7. The molecule has 4 aromatic rings. The molecule has 2 N–H and O–H groups in total. The average Bonchev–Trinajstić information content (AvgIpc) is 3.32. The molecule has 5 heterocycles. The Morgan fingerprint density at radius 1 is 1.23 bits per heavy atom. The lowest BCUT2D eigenvalue weighted by molar-refractivity contribution is -0.120. The molecule has 0 bridgehead atoms. The second-order valence-corrected chi connectivity index (χ2v) is 8.54. The third kappa shape index (κ3) is 4.14. The van der Waals surface area contributed by atoms with Crippen LogP contribution < -0.4 is 20.4 Å². The number of carbonyl (C=O) groups is 2. The number of carbonyl (C=O) groups excluding carboxylic acids is 1. The van der Waals surface area contributed by atoms with E-state index in [9.17, 15) is 19.5 Å². The van der Waals surface area contributed by atoms with Crippen molar-refractivity contribution in [3.63, 3.8) is 0 Å². The van der Waals surface area contributed by atoms with Crippen LogP contribution in [0.25, 0.3) is 16.2 Å². The Hall–Kier alpha value is -4.46. The van der Waals surface area contributed by atoms with Crippen LogP contribution in [0.15, 0.2) is 35.5 Å². The van der Waals surface area contributed by atoms with Crippen LogP contribution in [0.2, 0.25) is 0 Å². The molecule has 1 amide bonds. The van der Waals surface area contributed by atoms with Gasteiger partial charge in [0.2, 0.25) is 28.3 Å². The number of carboxylic acid groups (broad SMARTS) is 1. The molecule has 1 saturated heterocycles. The Labute approximate surface area is 201 Å². The van der Waals surface area contributed by atoms with Crippen LogP contribution in [-0.2, 0) is 4.79 Å². The Kier molecular flexibility index (Phi) is 5.56. The summed E-state index contributed by atoms with van der Waals surface area (Å²) < 4.78 is 10.5. The van der Waals surface area contributed by atoms with E-state index >= 15 is 0 Å². The molecular formula is C21H18N8O5S. The molecule has 1 aliphatic heterocycles. The highest BCUT2D eigenvalue weighted by Gasteiger charge is 2.34. The van der Waals surface area contributed by atoms with Crippen LogP contribution in [-0.4, -0.2) is 66.1 Å². The number of hydrogen-bond acceptors (Lipinski definition) is 11. The molecule has 1 fully saturated rings. The van der Waals surface area contributed by atoms with Crippen LogP contribution in [0.3, 0.4) is 0 Å². The van der Waals surface area contributed by atoms with E-state index < -0.39 is 17.0 Å². The molecule has 178 valence electrons. The minimum atomic E-state index is -1.34. The molecule has 4 aromatic heterocycles. The lowest BCUT2D eigenvalue weighted by atomic mass is 9.99. The molecule has 35 heavy (non-hydrogen) atoms. The quantitative estimate of drug-likeness (QED) is 0.394. The van der Waals surface area contributed by atoms with Gasteiger partial charge in [-0.1, -0.05) is 0 Å². The fraction of sp³-hybridized carbons (Fsp3) is 0.238. The number of hydrogen-bond donors (Lipinski definition) is 2. The highest BCUT2D eigenvalue weighted by molar-refractivity contribution is 7.08. The van der Waals surface area contributed by atoms with Crippen molar-refractivity contribution >= 4 is 46.2 Å². The van der Waals surface area contributed by atoms with Crippen molar-refractivity contribution in [3.8, 4) is 11.0 Å². The van der Waals surface area contributed by atoms with E-state index in [0.717, 1.165) is 11.5 Å². The average molecular weight is 494 g/mol. The number of rotatable bonds is 6. The third-order valence-corrected chi connectivity index (χ3v) is 6.14. The molecule has 0 spiro atoms. The number of ether oxygens (including phenoxy) is 1. The first-order chi connectivity index (χ1) is 16.8. The predicted molar refractivity (Wildman–Crippen MR) is 125 cm³/mol. The Bertz CT molecular complexity index is 1510. The third-order valence-electron chi connectivity index (χ3n) is 5.47. The molecule has 14 heteroatoms. The summed E-state index contributed by atoms with van der Waals surface area (Å²) in [5.74, 6) is -0.823. The molecule has 0 radical (unpaired) electrons. The van der Waals surface area contributed by atoms with Crippen LogP contribution in [0.1, 0.15) is 16.1 Å². The molecule has 13 nitrogen and oxygen atoms in total. The zero-order valence-electron chi connectivity index (χ0n) is 18.5. The number of aromatic carboxylic acids is 1. The number of aryl methyl sites for hydroxylation is 1. The minimum absolute atomic E-state index is 0.143. The van der Waals surface area contributed by atoms with Crippen molar-refractivity contribution in [3.05, 3.63) is 52.2 Å². The number of pyridine rings is 2. The minimum Gasteiger partial charge on any atom is -0.481 e. The van der Waals surface area contributed by atoms with Gasteiger partial charge in [-0.25, -0.2) is 19.7 Å². The summed E-state index contributed by atoms with van der Waals surface area (Å²) in [7, 11) is 1.49. The largest absolute Gasteiger partial charge is 0.481 e. The summed E-state index contributed by atoms with van der Waals surface area (Å²) in [6.07, 6.45) is 2.53. The van der Waals surface area contributed by atoms with E-state index in [1.807, 2.05) is 4.90 Å². The summed E-state index contributed by atoms with van der Waals surface area (Å²) in [6, 6.07) is 4.82. The van der Waals surface area contributed by atoms with Crippen molar-refractivity contribution in [2.24, 2.45) is 5.92 Å². The van der Waals surface area contributed by atoms with Gasteiger partial charge in [0.15, 0.2) is 5.65 Å². The standard InChI is InChI=1S/C21H18N8O5S/c1-10-5-15(34-2)26-20(24-10)27-18(31)11-6-28(7-11)14-4-3-12-16(30)13(19(32)33)8-29(17(12)25-14)21-22-9-23-35-21/h3-5,8-9,11H,6-7H2,1-2H3,(H,32,33)(H,24,26,27,31). The van der Waals surface area contributed by atoms with Crippen LogP contribution in [0.5, 0.6) is 5.88 Å². The molecular weight excluding hydrogens is 476 g/mol. The summed E-state index contributed by atoms with van der Waals surface area (Å²) in [6.45, 7) is 2.56. The number of aromatic nitrogens is 6. The number of fused-ring (bicyclic) bond motifs is 1. The summed E-state index contributed by atoms with van der Waals surface area (Å²) in [4.78, 5) is 55.8. The topological polar surface area (TPSA) is 165 Å². The Morgan fingerprint density at radius 3 is 2.71 bits per heavy atom.